The zero-order valence-corrected chi connectivity index (χ0v) is 11.3. The topological polar surface area (TPSA) is 85.2 Å². The van der Waals surface area contributed by atoms with Gasteiger partial charge in [0.2, 0.25) is 5.88 Å². The van der Waals surface area contributed by atoms with Crippen LogP contribution in [0.15, 0.2) is 24.4 Å². The molecule has 0 aliphatic carbocycles. The van der Waals surface area contributed by atoms with Crippen molar-refractivity contribution in [2.75, 3.05) is 6.61 Å². The van der Waals surface area contributed by atoms with E-state index in [9.17, 15) is 9.90 Å². The number of aryl methyl sites for hydroxylation is 1. The number of hydrogen-bond acceptors (Lipinski definition) is 5. The molecule has 0 amide bonds. The number of ether oxygens (including phenoxy) is 1. The molecule has 6 heteroatoms. The van der Waals surface area contributed by atoms with Gasteiger partial charge in [0.1, 0.15) is 5.56 Å². The van der Waals surface area contributed by atoms with Crippen molar-refractivity contribution in [3.05, 3.63) is 46.9 Å². The van der Waals surface area contributed by atoms with Gasteiger partial charge in [-0.2, -0.15) is 5.10 Å². The van der Waals surface area contributed by atoms with E-state index >= 15 is 0 Å². The molecule has 0 aliphatic rings. The lowest BCUT2D eigenvalue weighted by Gasteiger charge is -2.10. The van der Waals surface area contributed by atoms with Crippen LogP contribution in [-0.2, 0) is 6.42 Å². The molecule has 2 aromatic rings. The summed E-state index contributed by atoms with van der Waals surface area (Å²) in [6.07, 6.45) is 2.28. The molecule has 0 radical (unpaired) electrons. The first-order chi connectivity index (χ1) is 9.59. The Morgan fingerprint density at radius 1 is 1.30 bits per heavy atom. The molecule has 2 aromatic heterocycles. The summed E-state index contributed by atoms with van der Waals surface area (Å²) >= 11 is 0. The number of hydrogen-bond donors (Lipinski definition) is 1. The van der Waals surface area contributed by atoms with E-state index in [0.29, 0.717) is 24.3 Å². The lowest BCUT2D eigenvalue weighted by atomic mass is 10.1. The van der Waals surface area contributed by atoms with Crippen molar-refractivity contribution in [3.8, 4) is 5.88 Å². The lowest BCUT2D eigenvalue weighted by Crippen LogP contribution is -2.12. The van der Waals surface area contributed by atoms with Crippen molar-refractivity contribution >= 4 is 5.97 Å². The predicted molar refractivity (Wildman–Crippen MR) is 71.9 cm³/mol. The number of pyridine rings is 1. The molecule has 1 N–H and O–H groups in total. The van der Waals surface area contributed by atoms with Crippen molar-refractivity contribution < 1.29 is 14.6 Å². The smallest absolute Gasteiger partial charge is 0.341 e. The summed E-state index contributed by atoms with van der Waals surface area (Å²) in [7, 11) is 0. The Morgan fingerprint density at radius 3 is 2.75 bits per heavy atom. The van der Waals surface area contributed by atoms with Crippen LogP contribution in [0.2, 0.25) is 0 Å². The van der Waals surface area contributed by atoms with Gasteiger partial charge in [-0.1, -0.05) is 6.07 Å². The van der Waals surface area contributed by atoms with Crippen molar-refractivity contribution in [1.82, 2.24) is 15.2 Å². The number of carbonyl (C=O) groups is 1. The molecule has 0 atom stereocenters. The van der Waals surface area contributed by atoms with Crippen LogP contribution in [0.25, 0.3) is 0 Å². The van der Waals surface area contributed by atoms with Gasteiger partial charge in [-0.15, -0.1) is 5.10 Å². The SMILES string of the molecule is Cc1nnc(OCCc2ccccn2)c(C(=O)O)c1C. The Morgan fingerprint density at radius 2 is 2.10 bits per heavy atom. The van der Waals surface area contributed by atoms with E-state index in [2.05, 4.69) is 15.2 Å². The third-order valence-corrected chi connectivity index (χ3v) is 2.96. The zero-order valence-electron chi connectivity index (χ0n) is 11.3. The van der Waals surface area contributed by atoms with E-state index < -0.39 is 5.97 Å². The number of nitrogens with zero attached hydrogens (tertiary/aromatic N) is 3. The monoisotopic (exact) mass is 273 g/mol. The van der Waals surface area contributed by atoms with Gasteiger partial charge in [0.05, 0.1) is 12.3 Å². The molecule has 2 rings (SSSR count). The first-order valence-corrected chi connectivity index (χ1v) is 6.19. The summed E-state index contributed by atoms with van der Waals surface area (Å²) in [6.45, 7) is 3.71. The molecule has 0 unspecified atom stereocenters. The van der Waals surface area contributed by atoms with Gasteiger partial charge in [-0.05, 0) is 31.5 Å². The lowest BCUT2D eigenvalue weighted by molar-refractivity contribution is 0.0689. The van der Waals surface area contributed by atoms with Gasteiger partial charge in [0.15, 0.2) is 0 Å². The molecule has 0 bridgehead atoms. The predicted octanol–water partition coefficient (Wildman–Crippen LogP) is 1.81. The normalized spacial score (nSPS) is 10.3. The summed E-state index contributed by atoms with van der Waals surface area (Å²) in [5.41, 5.74) is 2.10. The molecule has 0 aromatic carbocycles. The summed E-state index contributed by atoms with van der Waals surface area (Å²) in [6, 6.07) is 5.61. The summed E-state index contributed by atoms with van der Waals surface area (Å²) in [5, 5.41) is 16.9. The van der Waals surface area contributed by atoms with E-state index in [4.69, 9.17) is 4.74 Å². The quantitative estimate of drug-likeness (QED) is 0.894. The largest absolute Gasteiger partial charge is 0.477 e. The van der Waals surface area contributed by atoms with E-state index in [-0.39, 0.29) is 11.4 Å². The highest BCUT2D eigenvalue weighted by atomic mass is 16.5. The van der Waals surface area contributed by atoms with Crippen LogP contribution in [0.4, 0.5) is 0 Å². The fourth-order valence-corrected chi connectivity index (χ4v) is 1.74. The highest BCUT2D eigenvalue weighted by Crippen LogP contribution is 2.20. The number of carboxylic acids is 1. The Labute approximate surface area is 116 Å². The Kier molecular flexibility index (Phi) is 4.24. The van der Waals surface area contributed by atoms with Gasteiger partial charge < -0.3 is 9.84 Å². The van der Waals surface area contributed by atoms with Crippen molar-refractivity contribution in [1.29, 1.82) is 0 Å². The summed E-state index contributed by atoms with van der Waals surface area (Å²) < 4.78 is 5.44. The molecular weight excluding hydrogens is 258 g/mol. The number of rotatable bonds is 5. The molecule has 0 saturated carbocycles. The number of aromatic nitrogens is 3. The molecular formula is C14H15N3O3. The van der Waals surface area contributed by atoms with Crippen molar-refractivity contribution in [2.24, 2.45) is 0 Å². The van der Waals surface area contributed by atoms with Gasteiger partial charge in [0.25, 0.3) is 0 Å². The molecule has 6 nitrogen and oxygen atoms in total. The maximum atomic E-state index is 11.3. The maximum Gasteiger partial charge on any atom is 0.341 e. The van der Waals surface area contributed by atoms with Crippen LogP contribution in [-0.4, -0.2) is 32.9 Å². The summed E-state index contributed by atoms with van der Waals surface area (Å²) in [4.78, 5) is 15.4. The van der Waals surface area contributed by atoms with Crippen LogP contribution in [0.5, 0.6) is 5.88 Å². The van der Waals surface area contributed by atoms with E-state index in [1.165, 1.54) is 0 Å². The van der Waals surface area contributed by atoms with Crippen molar-refractivity contribution in [3.63, 3.8) is 0 Å². The summed E-state index contributed by atoms with van der Waals surface area (Å²) in [5.74, 6) is -1.01. The average Bonchev–Trinajstić information content (AvgIpc) is 2.43. The average molecular weight is 273 g/mol. The second-order valence-corrected chi connectivity index (χ2v) is 4.32. The Balaban J connectivity index is 2.10. The first-order valence-electron chi connectivity index (χ1n) is 6.19. The van der Waals surface area contributed by atoms with Crippen LogP contribution in [0.3, 0.4) is 0 Å². The fraction of sp³-hybridized carbons (Fsp3) is 0.286. The van der Waals surface area contributed by atoms with Crippen LogP contribution in [0.1, 0.15) is 27.3 Å². The number of aromatic carboxylic acids is 1. The molecule has 0 spiro atoms. The van der Waals surface area contributed by atoms with E-state index in [1.807, 2.05) is 18.2 Å². The van der Waals surface area contributed by atoms with E-state index in [0.717, 1.165) is 5.69 Å². The third kappa shape index (κ3) is 3.09. The second kappa shape index (κ2) is 6.10. The molecule has 20 heavy (non-hydrogen) atoms. The minimum Gasteiger partial charge on any atom is -0.477 e. The molecule has 0 aliphatic heterocycles. The Bertz CT molecular complexity index is 615. The van der Waals surface area contributed by atoms with Gasteiger partial charge in [-0.25, -0.2) is 4.79 Å². The van der Waals surface area contributed by atoms with Crippen LogP contribution >= 0.6 is 0 Å². The molecule has 2 heterocycles. The third-order valence-electron chi connectivity index (χ3n) is 2.96. The van der Waals surface area contributed by atoms with Crippen LogP contribution in [0, 0.1) is 13.8 Å². The molecule has 104 valence electrons. The highest BCUT2D eigenvalue weighted by molar-refractivity contribution is 5.91. The van der Waals surface area contributed by atoms with Gasteiger partial charge in [-0.3, -0.25) is 4.98 Å². The van der Waals surface area contributed by atoms with Gasteiger partial charge >= 0.3 is 5.97 Å². The fourth-order valence-electron chi connectivity index (χ4n) is 1.74. The Hall–Kier alpha value is -2.50. The van der Waals surface area contributed by atoms with Crippen LogP contribution < -0.4 is 4.74 Å². The minimum absolute atomic E-state index is 0.0523. The highest BCUT2D eigenvalue weighted by Gasteiger charge is 2.18. The molecule has 0 fully saturated rings. The van der Waals surface area contributed by atoms with E-state index in [1.54, 1.807) is 20.0 Å². The standard InChI is InChI=1S/C14H15N3O3/c1-9-10(2)16-17-13(12(9)14(18)19)20-8-6-11-5-3-4-7-15-11/h3-5,7H,6,8H2,1-2H3,(H,18,19). The zero-order chi connectivity index (χ0) is 14.5. The molecule has 0 saturated heterocycles. The second-order valence-electron chi connectivity index (χ2n) is 4.32. The number of carboxylic acid groups (broad SMARTS) is 1. The maximum absolute atomic E-state index is 11.3. The van der Waals surface area contributed by atoms with Crippen molar-refractivity contribution in [2.45, 2.75) is 20.3 Å². The minimum atomic E-state index is -1.06. The first kappa shape index (κ1) is 13.9. The van der Waals surface area contributed by atoms with Gasteiger partial charge in [0, 0.05) is 18.3 Å².